The van der Waals surface area contributed by atoms with E-state index in [9.17, 15) is 0 Å². The zero-order valence-electron chi connectivity index (χ0n) is 8.56. The van der Waals surface area contributed by atoms with Crippen LogP contribution < -0.4 is 5.32 Å². The molecule has 2 aromatic rings. The van der Waals surface area contributed by atoms with E-state index in [0.717, 1.165) is 30.2 Å². The van der Waals surface area contributed by atoms with Crippen LogP contribution in [0.3, 0.4) is 0 Å². The Morgan fingerprint density at radius 1 is 1.53 bits per heavy atom. The van der Waals surface area contributed by atoms with E-state index in [-0.39, 0.29) is 0 Å². The third-order valence-electron chi connectivity index (χ3n) is 1.99. The fourth-order valence-corrected chi connectivity index (χ4v) is 2.18. The number of methoxy groups -OCH3 is 1. The maximum atomic E-state index is 4.95. The molecule has 0 amide bonds. The fraction of sp³-hybridized carbons (Fsp3) is 0.400. The highest BCUT2D eigenvalue weighted by molar-refractivity contribution is 7.18. The summed E-state index contributed by atoms with van der Waals surface area (Å²) < 4.78 is 6.14. The molecule has 0 fully saturated rings. The highest BCUT2D eigenvalue weighted by Gasteiger charge is 2.02. The van der Waals surface area contributed by atoms with Crippen LogP contribution in [0.4, 0.5) is 0 Å². The minimum absolute atomic E-state index is 0.729. The van der Waals surface area contributed by atoms with E-state index < -0.39 is 0 Å². The molecule has 0 radical (unpaired) electrons. The van der Waals surface area contributed by atoms with Gasteiger partial charge in [0.05, 0.1) is 23.0 Å². The van der Waals surface area contributed by atoms with E-state index >= 15 is 0 Å². The fourth-order valence-electron chi connectivity index (χ4n) is 1.27. The summed E-state index contributed by atoms with van der Waals surface area (Å²) in [5.74, 6) is 0. The Morgan fingerprint density at radius 3 is 3.27 bits per heavy atom. The first-order chi connectivity index (χ1) is 7.40. The molecule has 0 aliphatic carbocycles. The van der Waals surface area contributed by atoms with Crippen molar-refractivity contribution in [1.29, 1.82) is 0 Å². The van der Waals surface area contributed by atoms with Gasteiger partial charge in [-0.15, -0.1) is 11.3 Å². The van der Waals surface area contributed by atoms with Gasteiger partial charge in [-0.3, -0.25) is 4.98 Å². The van der Waals surface area contributed by atoms with Gasteiger partial charge in [0.2, 0.25) is 0 Å². The Morgan fingerprint density at radius 2 is 2.47 bits per heavy atom. The van der Waals surface area contributed by atoms with E-state index in [1.54, 1.807) is 30.8 Å². The summed E-state index contributed by atoms with van der Waals surface area (Å²) >= 11 is 1.70. The van der Waals surface area contributed by atoms with Gasteiger partial charge in [-0.25, -0.2) is 4.98 Å². The number of pyridine rings is 1. The van der Waals surface area contributed by atoms with Crippen molar-refractivity contribution in [2.24, 2.45) is 0 Å². The lowest BCUT2D eigenvalue weighted by atomic mass is 10.4. The van der Waals surface area contributed by atoms with Crippen molar-refractivity contribution in [3.8, 4) is 0 Å². The highest BCUT2D eigenvalue weighted by Crippen LogP contribution is 2.20. The Bertz CT molecular complexity index is 396. The third kappa shape index (κ3) is 2.71. The Labute approximate surface area is 92.3 Å². The summed E-state index contributed by atoms with van der Waals surface area (Å²) in [5, 5.41) is 4.36. The standard InChI is InChI=1S/C10H13N3OS/c1-14-5-4-12-7-10-13-8-6-11-3-2-9(8)15-10/h2-3,6,12H,4-5,7H2,1H3. The van der Waals surface area contributed by atoms with Crippen LogP contribution in [0.5, 0.6) is 0 Å². The van der Waals surface area contributed by atoms with Crippen molar-refractivity contribution >= 4 is 21.6 Å². The molecule has 2 aromatic heterocycles. The van der Waals surface area contributed by atoms with Crippen molar-refractivity contribution in [3.05, 3.63) is 23.5 Å². The molecule has 0 atom stereocenters. The first kappa shape index (κ1) is 10.5. The molecule has 5 heteroatoms. The molecule has 0 aromatic carbocycles. The van der Waals surface area contributed by atoms with Crippen LogP contribution in [-0.4, -0.2) is 30.2 Å². The van der Waals surface area contributed by atoms with Crippen molar-refractivity contribution in [3.63, 3.8) is 0 Å². The van der Waals surface area contributed by atoms with Gasteiger partial charge in [0.1, 0.15) is 5.01 Å². The molecule has 4 nitrogen and oxygen atoms in total. The second-order valence-corrected chi connectivity index (χ2v) is 4.24. The summed E-state index contributed by atoms with van der Waals surface area (Å²) in [4.78, 5) is 8.50. The smallest absolute Gasteiger partial charge is 0.108 e. The summed E-state index contributed by atoms with van der Waals surface area (Å²) in [6.45, 7) is 2.37. The molecule has 0 saturated carbocycles. The lowest BCUT2D eigenvalue weighted by Gasteiger charge is -1.99. The van der Waals surface area contributed by atoms with E-state index in [2.05, 4.69) is 15.3 Å². The summed E-state index contributed by atoms with van der Waals surface area (Å²) in [5.41, 5.74) is 0.978. The van der Waals surface area contributed by atoms with E-state index in [4.69, 9.17) is 4.74 Å². The number of hydrogen-bond donors (Lipinski definition) is 1. The Balaban J connectivity index is 1.97. The zero-order chi connectivity index (χ0) is 10.5. The molecule has 0 aliphatic rings. The van der Waals surface area contributed by atoms with Gasteiger partial charge < -0.3 is 10.1 Å². The second-order valence-electron chi connectivity index (χ2n) is 3.12. The van der Waals surface area contributed by atoms with Crippen molar-refractivity contribution < 1.29 is 4.74 Å². The zero-order valence-corrected chi connectivity index (χ0v) is 9.38. The Kier molecular flexibility index (Phi) is 3.60. The summed E-state index contributed by atoms with van der Waals surface area (Å²) in [6.07, 6.45) is 3.59. The number of nitrogens with zero attached hydrogens (tertiary/aromatic N) is 2. The number of thiazole rings is 1. The second kappa shape index (κ2) is 5.16. The summed E-state index contributed by atoms with van der Waals surface area (Å²) in [6, 6.07) is 1.99. The molecular formula is C10H13N3OS. The van der Waals surface area contributed by atoms with Gasteiger partial charge >= 0.3 is 0 Å². The van der Waals surface area contributed by atoms with Gasteiger partial charge in [-0.05, 0) is 6.07 Å². The average Bonchev–Trinajstić information content (AvgIpc) is 2.67. The normalized spacial score (nSPS) is 11.0. The van der Waals surface area contributed by atoms with Crippen LogP contribution in [0.2, 0.25) is 0 Å². The van der Waals surface area contributed by atoms with Gasteiger partial charge in [0.25, 0.3) is 0 Å². The SMILES string of the molecule is COCCNCc1nc2cnccc2s1. The topological polar surface area (TPSA) is 47.0 Å². The van der Waals surface area contributed by atoms with Crippen LogP contribution in [0.1, 0.15) is 5.01 Å². The monoisotopic (exact) mass is 223 g/mol. The maximum absolute atomic E-state index is 4.95. The molecule has 1 N–H and O–H groups in total. The van der Waals surface area contributed by atoms with Crippen LogP contribution in [0.15, 0.2) is 18.5 Å². The molecule has 0 bridgehead atoms. The predicted molar refractivity (Wildman–Crippen MR) is 61.0 cm³/mol. The number of rotatable bonds is 5. The van der Waals surface area contributed by atoms with Crippen LogP contribution in [0.25, 0.3) is 10.2 Å². The minimum Gasteiger partial charge on any atom is -0.383 e. The predicted octanol–water partition coefficient (Wildman–Crippen LogP) is 1.43. The van der Waals surface area contributed by atoms with Crippen molar-refractivity contribution in [2.75, 3.05) is 20.3 Å². The van der Waals surface area contributed by atoms with E-state index in [0.29, 0.717) is 0 Å². The number of nitrogens with one attached hydrogen (secondary N) is 1. The first-order valence-electron chi connectivity index (χ1n) is 4.79. The number of ether oxygens (including phenoxy) is 1. The third-order valence-corrected chi connectivity index (χ3v) is 3.03. The van der Waals surface area contributed by atoms with Crippen LogP contribution >= 0.6 is 11.3 Å². The molecule has 2 heterocycles. The molecule has 0 spiro atoms. The lowest BCUT2D eigenvalue weighted by Crippen LogP contribution is -2.18. The molecule has 80 valence electrons. The number of hydrogen-bond acceptors (Lipinski definition) is 5. The van der Waals surface area contributed by atoms with Crippen molar-refractivity contribution in [1.82, 2.24) is 15.3 Å². The minimum atomic E-state index is 0.729. The largest absolute Gasteiger partial charge is 0.383 e. The maximum Gasteiger partial charge on any atom is 0.108 e. The Hall–Kier alpha value is -1.04. The van der Waals surface area contributed by atoms with Gasteiger partial charge in [-0.1, -0.05) is 0 Å². The lowest BCUT2D eigenvalue weighted by molar-refractivity contribution is 0.199. The molecule has 0 saturated heterocycles. The van der Waals surface area contributed by atoms with Gasteiger partial charge in [0, 0.05) is 26.4 Å². The summed E-state index contributed by atoms with van der Waals surface area (Å²) in [7, 11) is 1.70. The number of fused-ring (bicyclic) bond motifs is 1. The van der Waals surface area contributed by atoms with Gasteiger partial charge in [-0.2, -0.15) is 0 Å². The first-order valence-corrected chi connectivity index (χ1v) is 5.61. The molecular weight excluding hydrogens is 210 g/mol. The molecule has 0 unspecified atom stereocenters. The average molecular weight is 223 g/mol. The quantitative estimate of drug-likeness (QED) is 0.779. The van der Waals surface area contributed by atoms with E-state index in [1.165, 1.54) is 4.70 Å². The van der Waals surface area contributed by atoms with Gasteiger partial charge in [0.15, 0.2) is 0 Å². The van der Waals surface area contributed by atoms with Crippen LogP contribution in [0, 0.1) is 0 Å². The molecule has 2 rings (SSSR count). The van der Waals surface area contributed by atoms with Crippen LogP contribution in [-0.2, 0) is 11.3 Å². The molecule has 0 aliphatic heterocycles. The van der Waals surface area contributed by atoms with Crippen molar-refractivity contribution in [2.45, 2.75) is 6.54 Å². The van der Waals surface area contributed by atoms with E-state index in [1.807, 2.05) is 6.07 Å². The highest BCUT2D eigenvalue weighted by atomic mass is 32.1. The number of aromatic nitrogens is 2. The molecule has 15 heavy (non-hydrogen) atoms.